The predicted molar refractivity (Wildman–Crippen MR) is 62.6 cm³/mol. The molecule has 84 valence electrons. The molecule has 0 heterocycles. The zero-order valence-electron chi connectivity index (χ0n) is 9.76. The number of rotatable bonds is 4. The number of hydrogen-bond donors (Lipinski definition) is 1. The molecule has 1 nitrogen and oxygen atoms in total. The third-order valence-corrected chi connectivity index (χ3v) is 2.46. The molecule has 1 N–H and O–H groups in total. The first kappa shape index (κ1) is 14.4. The highest BCUT2D eigenvalue weighted by Gasteiger charge is 2.08. The zero-order valence-corrected chi connectivity index (χ0v) is 11.3. The Balaban J connectivity index is 0.00000196. The number of halogens is 1. The second kappa shape index (κ2) is 6.81. The molecule has 0 saturated heterocycles. The van der Waals surface area contributed by atoms with Gasteiger partial charge in [0, 0.05) is 5.92 Å². The predicted octanol–water partition coefficient (Wildman–Crippen LogP) is -1.42. The van der Waals surface area contributed by atoms with E-state index in [9.17, 15) is 0 Å². The monoisotopic (exact) mass is 269 g/mol. The van der Waals surface area contributed by atoms with E-state index in [1.807, 2.05) is 6.08 Å². The number of nitrogens with one attached hydrogen (secondary N) is 1. The van der Waals surface area contributed by atoms with Crippen LogP contribution in [-0.4, -0.2) is 20.6 Å². The van der Waals surface area contributed by atoms with Crippen molar-refractivity contribution in [3.8, 4) is 0 Å². The molecule has 0 radical (unpaired) electrons. The van der Waals surface area contributed by atoms with Crippen molar-refractivity contribution in [2.75, 3.05) is 20.6 Å². The number of quaternary nitrogens is 1. The van der Waals surface area contributed by atoms with Crippen molar-refractivity contribution in [1.82, 2.24) is 0 Å². The van der Waals surface area contributed by atoms with Crippen molar-refractivity contribution in [2.45, 2.75) is 12.8 Å². The van der Waals surface area contributed by atoms with E-state index in [-0.39, 0.29) is 17.0 Å². The highest BCUT2D eigenvalue weighted by molar-refractivity contribution is 5.47. The molecule has 1 unspecified atom stereocenters. The first-order valence-corrected chi connectivity index (χ1v) is 5.15. The number of likely N-dealkylation sites (N-methyl/N-ethyl adjacent to an activating group) is 1. The summed E-state index contributed by atoms with van der Waals surface area (Å²) in [4.78, 5) is 1.49. The van der Waals surface area contributed by atoms with Crippen LogP contribution < -0.4 is 21.9 Å². The number of hydrogen-bond acceptors (Lipinski definition) is 0. The summed E-state index contributed by atoms with van der Waals surface area (Å²) in [7, 11) is 4.38. The van der Waals surface area contributed by atoms with Crippen molar-refractivity contribution >= 4 is 6.08 Å². The Morgan fingerprint density at radius 2 is 1.80 bits per heavy atom. The second-order valence-electron chi connectivity index (χ2n) is 4.18. The van der Waals surface area contributed by atoms with E-state index in [1.165, 1.54) is 22.6 Å². The van der Waals surface area contributed by atoms with Crippen LogP contribution in [0.2, 0.25) is 0 Å². The van der Waals surface area contributed by atoms with Gasteiger partial charge in [-0.15, -0.1) is 0 Å². The Hall–Kier alpha value is -0.600. The molecule has 0 amide bonds. The van der Waals surface area contributed by atoms with Crippen molar-refractivity contribution < 1.29 is 21.9 Å². The van der Waals surface area contributed by atoms with Crippen LogP contribution in [0.5, 0.6) is 0 Å². The lowest BCUT2D eigenvalue weighted by Gasteiger charge is -2.14. The largest absolute Gasteiger partial charge is 1.00 e. The maximum atomic E-state index is 3.75. The molecule has 0 saturated carbocycles. The van der Waals surface area contributed by atoms with E-state index >= 15 is 0 Å². The van der Waals surface area contributed by atoms with E-state index in [2.05, 4.69) is 51.9 Å². The zero-order chi connectivity index (χ0) is 10.6. The highest BCUT2D eigenvalue weighted by atomic mass is 79.9. The SMILES string of the molecule is C=Cc1ccc(C(C)C[NH+](C)C)cc1.[Br-]. The summed E-state index contributed by atoms with van der Waals surface area (Å²) in [6, 6.07) is 8.66. The van der Waals surface area contributed by atoms with Crippen molar-refractivity contribution in [3.63, 3.8) is 0 Å². The van der Waals surface area contributed by atoms with Gasteiger partial charge in [0.25, 0.3) is 0 Å². The van der Waals surface area contributed by atoms with E-state index in [1.54, 1.807) is 0 Å². The molecule has 0 fully saturated rings. The Morgan fingerprint density at radius 3 is 2.20 bits per heavy atom. The maximum Gasteiger partial charge on any atom is 0.0833 e. The highest BCUT2D eigenvalue weighted by Crippen LogP contribution is 2.14. The van der Waals surface area contributed by atoms with Gasteiger partial charge < -0.3 is 21.9 Å². The molecular formula is C13H20BrN. The summed E-state index contributed by atoms with van der Waals surface area (Å²) in [6.45, 7) is 7.20. The van der Waals surface area contributed by atoms with Crippen LogP contribution in [0.3, 0.4) is 0 Å². The van der Waals surface area contributed by atoms with E-state index in [0.29, 0.717) is 5.92 Å². The van der Waals surface area contributed by atoms with Crippen LogP contribution in [0.4, 0.5) is 0 Å². The smallest absolute Gasteiger partial charge is 0.0833 e. The molecule has 0 aliphatic carbocycles. The summed E-state index contributed by atoms with van der Waals surface area (Å²) < 4.78 is 0. The van der Waals surface area contributed by atoms with Crippen molar-refractivity contribution in [2.24, 2.45) is 0 Å². The Bertz CT molecular complexity index is 290. The lowest BCUT2D eigenvalue weighted by atomic mass is 9.99. The Kier molecular flexibility index (Phi) is 6.53. The van der Waals surface area contributed by atoms with Gasteiger partial charge in [0.2, 0.25) is 0 Å². The molecule has 0 aromatic heterocycles. The van der Waals surface area contributed by atoms with Crippen molar-refractivity contribution in [1.29, 1.82) is 0 Å². The van der Waals surface area contributed by atoms with Crippen LogP contribution in [0.1, 0.15) is 24.0 Å². The lowest BCUT2D eigenvalue weighted by Crippen LogP contribution is -3.06. The summed E-state index contributed by atoms with van der Waals surface area (Å²) >= 11 is 0. The minimum atomic E-state index is 0. The minimum absolute atomic E-state index is 0. The quantitative estimate of drug-likeness (QED) is 0.685. The molecule has 1 aromatic carbocycles. The lowest BCUT2D eigenvalue weighted by molar-refractivity contribution is -0.859. The van der Waals surface area contributed by atoms with Gasteiger partial charge in [-0.25, -0.2) is 0 Å². The van der Waals surface area contributed by atoms with Gasteiger partial charge in [-0.2, -0.15) is 0 Å². The van der Waals surface area contributed by atoms with Gasteiger partial charge in [0.05, 0.1) is 20.6 Å². The van der Waals surface area contributed by atoms with Gasteiger partial charge in [0.1, 0.15) is 0 Å². The molecule has 1 atom stereocenters. The fraction of sp³-hybridized carbons (Fsp3) is 0.385. The van der Waals surface area contributed by atoms with Crippen LogP contribution in [0.25, 0.3) is 6.08 Å². The third kappa shape index (κ3) is 4.63. The van der Waals surface area contributed by atoms with Crippen LogP contribution in [0, 0.1) is 0 Å². The average Bonchev–Trinajstić information content (AvgIpc) is 2.17. The van der Waals surface area contributed by atoms with E-state index in [0.717, 1.165) is 0 Å². The fourth-order valence-corrected chi connectivity index (χ4v) is 1.69. The molecular weight excluding hydrogens is 250 g/mol. The van der Waals surface area contributed by atoms with Crippen molar-refractivity contribution in [3.05, 3.63) is 42.0 Å². The number of benzene rings is 1. The molecule has 0 aliphatic rings. The fourth-order valence-electron chi connectivity index (χ4n) is 1.69. The first-order valence-electron chi connectivity index (χ1n) is 5.15. The molecule has 2 heteroatoms. The molecule has 15 heavy (non-hydrogen) atoms. The molecule has 1 rings (SSSR count). The summed E-state index contributed by atoms with van der Waals surface area (Å²) in [5.74, 6) is 0.624. The van der Waals surface area contributed by atoms with Gasteiger partial charge >= 0.3 is 0 Å². The van der Waals surface area contributed by atoms with Crippen LogP contribution in [0.15, 0.2) is 30.8 Å². The van der Waals surface area contributed by atoms with Gasteiger partial charge in [-0.3, -0.25) is 0 Å². The summed E-state index contributed by atoms with van der Waals surface area (Å²) in [5.41, 5.74) is 2.61. The van der Waals surface area contributed by atoms with Gasteiger partial charge in [-0.05, 0) is 11.1 Å². The summed E-state index contributed by atoms with van der Waals surface area (Å²) in [5, 5.41) is 0. The molecule has 1 aromatic rings. The Morgan fingerprint density at radius 1 is 1.27 bits per heavy atom. The second-order valence-corrected chi connectivity index (χ2v) is 4.18. The van der Waals surface area contributed by atoms with Gasteiger partial charge in [0.15, 0.2) is 0 Å². The standard InChI is InChI=1S/C13H19N.BrH/c1-5-12-6-8-13(9-7-12)11(2)10-14(3)4;/h5-9,11H,1,10H2,2-4H3;1H. The normalized spacial score (nSPS) is 12.0. The molecule has 0 aliphatic heterocycles. The van der Waals surface area contributed by atoms with Crippen LogP contribution >= 0.6 is 0 Å². The van der Waals surface area contributed by atoms with E-state index < -0.39 is 0 Å². The van der Waals surface area contributed by atoms with Crippen LogP contribution in [-0.2, 0) is 0 Å². The van der Waals surface area contributed by atoms with Gasteiger partial charge in [-0.1, -0.05) is 43.8 Å². The summed E-state index contributed by atoms with van der Waals surface area (Å²) in [6.07, 6.45) is 1.88. The average molecular weight is 270 g/mol. The molecule has 0 bridgehead atoms. The van der Waals surface area contributed by atoms with E-state index in [4.69, 9.17) is 0 Å². The topological polar surface area (TPSA) is 4.44 Å². The minimum Gasteiger partial charge on any atom is -1.00 e. The first-order chi connectivity index (χ1) is 6.63. The maximum absolute atomic E-state index is 3.75. The third-order valence-electron chi connectivity index (χ3n) is 2.46. The molecule has 0 spiro atoms. The Labute approximate surface area is 104 Å².